The van der Waals surface area contributed by atoms with Crippen molar-refractivity contribution >= 4 is 47.3 Å². The Bertz CT molecular complexity index is 1490. The molecule has 0 saturated carbocycles. The molecule has 1 aromatic heterocycles. The van der Waals surface area contributed by atoms with Gasteiger partial charge >= 0.3 is 4.87 Å². The van der Waals surface area contributed by atoms with E-state index in [-0.39, 0.29) is 58.4 Å². The van der Waals surface area contributed by atoms with E-state index in [9.17, 15) is 21.6 Å². The van der Waals surface area contributed by atoms with Crippen molar-refractivity contribution in [1.82, 2.24) is 8.87 Å². The van der Waals surface area contributed by atoms with Crippen LogP contribution in [-0.4, -0.2) is 59.1 Å². The van der Waals surface area contributed by atoms with Gasteiger partial charge in [0.15, 0.2) is 0 Å². The third kappa shape index (κ3) is 4.58. The second kappa shape index (κ2) is 9.30. The summed E-state index contributed by atoms with van der Waals surface area (Å²) in [6.07, 6.45) is 0. The number of benzene rings is 2. The number of ether oxygens (including phenoxy) is 2. The first kappa shape index (κ1) is 24.7. The Morgan fingerprint density at radius 3 is 2.41 bits per heavy atom. The number of nitrogens with zero attached hydrogens (tertiary/aromatic N) is 2. The van der Waals surface area contributed by atoms with E-state index in [0.717, 1.165) is 11.3 Å². The maximum Gasteiger partial charge on any atom is 0.308 e. The summed E-state index contributed by atoms with van der Waals surface area (Å²) in [6.45, 7) is 4.71. The molecule has 0 aliphatic carbocycles. The molecule has 0 radical (unpaired) electrons. The molecule has 34 heavy (non-hydrogen) atoms. The van der Waals surface area contributed by atoms with Crippen LogP contribution in [-0.2, 0) is 24.8 Å². The second-order valence-electron chi connectivity index (χ2n) is 7.95. The highest BCUT2D eigenvalue weighted by molar-refractivity contribution is 7.92. The summed E-state index contributed by atoms with van der Waals surface area (Å²) in [4.78, 5) is 11.9. The number of thiazole rings is 1. The number of rotatable bonds is 7. The van der Waals surface area contributed by atoms with Gasteiger partial charge in [-0.2, -0.15) is 4.31 Å². The van der Waals surface area contributed by atoms with Crippen LogP contribution in [0.2, 0.25) is 0 Å². The van der Waals surface area contributed by atoms with Crippen molar-refractivity contribution in [3.05, 3.63) is 46.1 Å². The van der Waals surface area contributed by atoms with E-state index in [1.54, 1.807) is 10.6 Å². The molecule has 0 unspecified atom stereocenters. The maximum atomic E-state index is 13.2. The molecule has 1 N–H and O–H groups in total. The lowest BCUT2D eigenvalue weighted by Gasteiger charge is -2.26. The van der Waals surface area contributed by atoms with Gasteiger partial charge in [-0.3, -0.25) is 14.1 Å². The Morgan fingerprint density at radius 2 is 1.76 bits per heavy atom. The molecule has 1 saturated heterocycles. The fourth-order valence-corrected chi connectivity index (χ4v) is 7.55. The minimum atomic E-state index is -4.06. The molecular formula is C21H25N3O7S3. The number of hydrogen-bond acceptors (Lipinski definition) is 8. The number of nitrogens with one attached hydrogen (secondary N) is 1. The van der Waals surface area contributed by atoms with E-state index < -0.39 is 20.0 Å². The highest BCUT2D eigenvalue weighted by Gasteiger charge is 2.30. The van der Waals surface area contributed by atoms with Crippen LogP contribution in [0, 0.1) is 0 Å². The minimum absolute atomic E-state index is 0.0365. The normalized spacial score (nSPS) is 15.6. The molecule has 4 rings (SSSR count). The number of methoxy groups -OCH3 is 1. The lowest BCUT2D eigenvalue weighted by atomic mass is 10.3. The van der Waals surface area contributed by atoms with Gasteiger partial charge in [-0.1, -0.05) is 11.3 Å². The van der Waals surface area contributed by atoms with Gasteiger partial charge in [0.2, 0.25) is 10.0 Å². The number of aromatic nitrogens is 1. The smallest absolute Gasteiger partial charge is 0.308 e. The Morgan fingerprint density at radius 1 is 1.06 bits per heavy atom. The van der Waals surface area contributed by atoms with Crippen LogP contribution < -0.4 is 14.3 Å². The molecule has 2 aromatic carbocycles. The van der Waals surface area contributed by atoms with Crippen LogP contribution in [0.3, 0.4) is 0 Å². The number of hydrogen-bond donors (Lipinski definition) is 1. The predicted molar refractivity (Wildman–Crippen MR) is 130 cm³/mol. The van der Waals surface area contributed by atoms with Crippen LogP contribution in [0.15, 0.2) is 51.0 Å². The van der Waals surface area contributed by atoms with E-state index in [2.05, 4.69) is 4.72 Å². The lowest BCUT2D eigenvalue weighted by molar-refractivity contribution is 0.0729. The Balaban J connectivity index is 1.69. The van der Waals surface area contributed by atoms with Gasteiger partial charge in [-0.15, -0.1) is 0 Å². The van der Waals surface area contributed by atoms with Gasteiger partial charge in [0, 0.05) is 19.1 Å². The third-order valence-corrected chi connectivity index (χ3v) is 9.63. The van der Waals surface area contributed by atoms with E-state index in [0.29, 0.717) is 10.2 Å². The van der Waals surface area contributed by atoms with Gasteiger partial charge in [0.1, 0.15) is 10.6 Å². The second-order valence-corrected chi connectivity index (χ2v) is 12.5. The third-order valence-electron chi connectivity index (χ3n) is 5.42. The minimum Gasteiger partial charge on any atom is -0.495 e. The standard InChI is InChI=1S/C21H25N3O7S3/c1-14(2)24-17-6-5-16(13-19(17)32-21(24)25)33(26,27)22-15-4-7-18(30-3)20(12-15)34(28,29)23-8-10-31-11-9-23/h4-7,12-14,22H,8-11H2,1-3H3. The van der Waals surface area contributed by atoms with Gasteiger partial charge in [0.05, 0.1) is 41.1 Å². The summed E-state index contributed by atoms with van der Waals surface area (Å²) in [5, 5.41) is 0. The number of anilines is 1. The predicted octanol–water partition coefficient (Wildman–Crippen LogP) is 2.47. The summed E-state index contributed by atoms with van der Waals surface area (Å²) in [7, 11) is -6.64. The Labute approximate surface area is 201 Å². The molecule has 3 aromatic rings. The topological polar surface area (TPSA) is 124 Å². The van der Waals surface area contributed by atoms with Crippen LogP contribution in [0.5, 0.6) is 5.75 Å². The van der Waals surface area contributed by atoms with Crippen molar-refractivity contribution in [3.8, 4) is 5.75 Å². The van der Waals surface area contributed by atoms with E-state index in [1.165, 1.54) is 41.7 Å². The van der Waals surface area contributed by atoms with Gasteiger partial charge in [0.25, 0.3) is 10.0 Å². The molecule has 10 nitrogen and oxygen atoms in total. The van der Waals surface area contributed by atoms with Gasteiger partial charge in [-0.25, -0.2) is 16.8 Å². The highest BCUT2D eigenvalue weighted by atomic mass is 32.2. The molecule has 0 spiro atoms. The quantitative estimate of drug-likeness (QED) is 0.501. The summed E-state index contributed by atoms with van der Waals surface area (Å²) in [5.74, 6) is 0.107. The first-order chi connectivity index (χ1) is 16.0. The fraction of sp³-hybridized carbons (Fsp3) is 0.381. The SMILES string of the molecule is COc1ccc(NS(=O)(=O)c2ccc3c(c2)sc(=O)n3C(C)C)cc1S(=O)(=O)N1CCOCC1. The molecule has 0 bridgehead atoms. The van der Waals surface area contributed by atoms with Crippen molar-refractivity contribution in [2.75, 3.05) is 38.1 Å². The molecule has 2 heterocycles. The van der Waals surface area contributed by atoms with Gasteiger partial charge in [-0.05, 0) is 50.2 Å². The Kier molecular flexibility index (Phi) is 6.75. The van der Waals surface area contributed by atoms with Crippen molar-refractivity contribution in [3.63, 3.8) is 0 Å². The number of fused-ring (bicyclic) bond motifs is 1. The monoisotopic (exact) mass is 527 g/mol. The summed E-state index contributed by atoms with van der Waals surface area (Å²) in [5.41, 5.74) is 0.730. The molecule has 184 valence electrons. The Hall–Kier alpha value is -2.45. The zero-order valence-corrected chi connectivity index (χ0v) is 21.3. The average molecular weight is 528 g/mol. The van der Waals surface area contributed by atoms with E-state index in [4.69, 9.17) is 9.47 Å². The lowest BCUT2D eigenvalue weighted by Crippen LogP contribution is -2.40. The van der Waals surface area contributed by atoms with Crippen molar-refractivity contribution in [1.29, 1.82) is 0 Å². The maximum absolute atomic E-state index is 13.2. The van der Waals surface area contributed by atoms with Crippen molar-refractivity contribution < 1.29 is 26.3 Å². The van der Waals surface area contributed by atoms with Crippen LogP contribution >= 0.6 is 11.3 Å². The van der Waals surface area contributed by atoms with Crippen molar-refractivity contribution in [2.24, 2.45) is 0 Å². The first-order valence-electron chi connectivity index (χ1n) is 10.5. The van der Waals surface area contributed by atoms with E-state index >= 15 is 0 Å². The zero-order chi connectivity index (χ0) is 24.7. The molecular weight excluding hydrogens is 502 g/mol. The summed E-state index contributed by atoms with van der Waals surface area (Å²) in [6, 6.07) is 8.48. The molecule has 0 amide bonds. The zero-order valence-electron chi connectivity index (χ0n) is 18.8. The summed E-state index contributed by atoms with van der Waals surface area (Å²) >= 11 is 0.974. The molecule has 1 aliphatic heterocycles. The molecule has 13 heteroatoms. The number of morpholine rings is 1. The van der Waals surface area contributed by atoms with Crippen LogP contribution in [0.25, 0.3) is 10.2 Å². The average Bonchev–Trinajstić information content (AvgIpc) is 3.14. The van der Waals surface area contributed by atoms with Crippen LogP contribution in [0.1, 0.15) is 19.9 Å². The molecule has 1 aliphatic rings. The highest BCUT2D eigenvalue weighted by Crippen LogP contribution is 2.31. The fourth-order valence-electron chi connectivity index (χ4n) is 3.75. The molecule has 0 atom stereocenters. The van der Waals surface area contributed by atoms with Crippen LogP contribution in [0.4, 0.5) is 5.69 Å². The molecule has 1 fully saturated rings. The van der Waals surface area contributed by atoms with E-state index in [1.807, 2.05) is 13.8 Å². The first-order valence-corrected chi connectivity index (χ1v) is 14.2. The summed E-state index contributed by atoms with van der Waals surface area (Å²) < 4.78 is 68.9. The largest absolute Gasteiger partial charge is 0.495 e. The number of sulfonamides is 2. The van der Waals surface area contributed by atoms with Crippen molar-refractivity contribution in [2.45, 2.75) is 29.7 Å². The van der Waals surface area contributed by atoms with Gasteiger partial charge < -0.3 is 9.47 Å².